The van der Waals surface area contributed by atoms with Gasteiger partial charge in [-0.3, -0.25) is 4.79 Å². The van der Waals surface area contributed by atoms with Gasteiger partial charge in [0.05, 0.1) is 6.04 Å². The van der Waals surface area contributed by atoms with Crippen LogP contribution in [0.15, 0.2) is 40.8 Å². The molecule has 0 radical (unpaired) electrons. The fraction of sp³-hybridized carbons (Fsp3) is 0.353. The zero-order chi connectivity index (χ0) is 15.5. The van der Waals surface area contributed by atoms with Gasteiger partial charge in [0.2, 0.25) is 0 Å². The van der Waals surface area contributed by atoms with Gasteiger partial charge in [-0.25, -0.2) is 0 Å². The highest BCUT2D eigenvalue weighted by molar-refractivity contribution is 6.30. The molecule has 116 valence electrons. The normalized spacial score (nSPS) is 17.9. The van der Waals surface area contributed by atoms with Crippen LogP contribution in [0, 0.1) is 0 Å². The average Bonchev–Trinajstić information content (AvgIpc) is 3.16. The third-order valence-corrected chi connectivity index (χ3v) is 4.15. The van der Waals surface area contributed by atoms with E-state index in [-0.39, 0.29) is 11.9 Å². The number of benzene rings is 1. The number of halogens is 1. The molecular formula is C17H18ClNO3. The standard InChI is InChI=1S/C17H18ClNO3/c1-21-11-14-8-9-16(22-14)15-3-2-10-19(15)17(20)12-4-6-13(18)7-5-12/h4-9,15H,2-3,10-11H2,1H3/t15-/m1/s1. The van der Waals surface area contributed by atoms with Gasteiger partial charge in [-0.05, 0) is 49.2 Å². The molecule has 0 unspecified atom stereocenters. The number of carbonyl (C=O) groups excluding carboxylic acids is 1. The van der Waals surface area contributed by atoms with Crippen molar-refractivity contribution in [3.8, 4) is 0 Å². The molecule has 1 aromatic carbocycles. The van der Waals surface area contributed by atoms with Crippen molar-refractivity contribution in [3.63, 3.8) is 0 Å². The lowest BCUT2D eigenvalue weighted by Crippen LogP contribution is -2.30. The van der Waals surface area contributed by atoms with Crippen LogP contribution in [-0.4, -0.2) is 24.5 Å². The Kier molecular flexibility index (Phi) is 4.50. The molecule has 1 aliphatic rings. The molecule has 22 heavy (non-hydrogen) atoms. The number of furan rings is 1. The second-order valence-corrected chi connectivity index (χ2v) is 5.84. The van der Waals surface area contributed by atoms with E-state index in [0.717, 1.165) is 30.9 Å². The Morgan fingerprint density at radius 2 is 2.09 bits per heavy atom. The summed E-state index contributed by atoms with van der Waals surface area (Å²) in [4.78, 5) is 14.6. The molecule has 1 fully saturated rings. The van der Waals surface area contributed by atoms with Gasteiger partial charge in [0.1, 0.15) is 18.1 Å². The first-order valence-corrected chi connectivity index (χ1v) is 7.71. The Labute approximate surface area is 134 Å². The minimum absolute atomic E-state index is 0.00576. The molecule has 1 aromatic heterocycles. The lowest BCUT2D eigenvalue weighted by atomic mass is 10.1. The summed E-state index contributed by atoms with van der Waals surface area (Å²) in [5.74, 6) is 1.62. The molecule has 1 saturated heterocycles. The molecule has 0 N–H and O–H groups in total. The summed E-state index contributed by atoms with van der Waals surface area (Å²) in [5, 5.41) is 0.629. The Bertz CT molecular complexity index is 650. The van der Waals surface area contributed by atoms with Crippen molar-refractivity contribution < 1.29 is 13.9 Å². The lowest BCUT2D eigenvalue weighted by molar-refractivity contribution is 0.0716. The number of methoxy groups -OCH3 is 1. The highest BCUT2D eigenvalue weighted by atomic mass is 35.5. The SMILES string of the molecule is COCc1ccc([C@H]2CCCN2C(=O)c2ccc(Cl)cc2)o1. The molecule has 5 heteroatoms. The molecule has 0 aliphatic carbocycles. The Morgan fingerprint density at radius 1 is 1.32 bits per heavy atom. The highest BCUT2D eigenvalue weighted by Gasteiger charge is 2.32. The highest BCUT2D eigenvalue weighted by Crippen LogP contribution is 2.34. The molecular weight excluding hydrogens is 302 g/mol. The van der Waals surface area contributed by atoms with E-state index in [4.69, 9.17) is 20.8 Å². The summed E-state index contributed by atoms with van der Waals surface area (Å²) in [7, 11) is 1.63. The van der Waals surface area contributed by atoms with Gasteiger partial charge >= 0.3 is 0 Å². The van der Waals surface area contributed by atoms with Crippen LogP contribution in [0.3, 0.4) is 0 Å². The van der Waals surface area contributed by atoms with Gasteiger partial charge in [-0.1, -0.05) is 11.6 Å². The first kappa shape index (κ1) is 15.1. The monoisotopic (exact) mass is 319 g/mol. The predicted octanol–water partition coefficient (Wildman–Crippen LogP) is 4.06. The maximum absolute atomic E-state index is 12.7. The zero-order valence-electron chi connectivity index (χ0n) is 12.4. The summed E-state index contributed by atoms with van der Waals surface area (Å²) >= 11 is 5.88. The van der Waals surface area contributed by atoms with Crippen LogP contribution in [0.2, 0.25) is 5.02 Å². The topological polar surface area (TPSA) is 42.7 Å². The van der Waals surface area contributed by atoms with Gasteiger partial charge in [-0.15, -0.1) is 0 Å². The maximum Gasteiger partial charge on any atom is 0.254 e. The van der Waals surface area contributed by atoms with Crippen LogP contribution in [0.5, 0.6) is 0 Å². The number of amides is 1. The Balaban J connectivity index is 1.79. The number of likely N-dealkylation sites (tertiary alicyclic amines) is 1. The van der Waals surface area contributed by atoms with E-state index in [1.807, 2.05) is 17.0 Å². The van der Waals surface area contributed by atoms with Crippen LogP contribution in [0.4, 0.5) is 0 Å². The van der Waals surface area contributed by atoms with Crippen molar-refractivity contribution in [1.82, 2.24) is 4.90 Å². The second-order valence-electron chi connectivity index (χ2n) is 5.40. The minimum atomic E-state index is -0.00576. The van der Waals surface area contributed by atoms with E-state index in [0.29, 0.717) is 17.2 Å². The fourth-order valence-corrected chi connectivity index (χ4v) is 2.98. The molecule has 4 nitrogen and oxygen atoms in total. The maximum atomic E-state index is 12.7. The first-order valence-electron chi connectivity index (χ1n) is 7.33. The molecule has 1 amide bonds. The first-order chi connectivity index (χ1) is 10.7. The zero-order valence-corrected chi connectivity index (χ0v) is 13.2. The second kappa shape index (κ2) is 6.55. The third kappa shape index (κ3) is 3.03. The molecule has 1 aliphatic heterocycles. The quantitative estimate of drug-likeness (QED) is 0.853. The van der Waals surface area contributed by atoms with E-state index in [1.165, 1.54) is 0 Å². The van der Waals surface area contributed by atoms with Gasteiger partial charge < -0.3 is 14.1 Å². The molecule has 0 saturated carbocycles. The largest absolute Gasteiger partial charge is 0.461 e. The van der Waals surface area contributed by atoms with Gasteiger partial charge in [-0.2, -0.15) is 0 Å². The van der Waals surface area contributed by atoms with Crippen molar-refractivity contribution >= 4 is 17.5 Å². The smallest absolute Gasteiger partial charge is 0.254 e. The molecule has 0 spiro atoms. The molecule has 0 bridgehead atoms. The van der Waals surface area contributed by atoms with E-state index in [9.17, 15) is 4.79 Å². The van der Waals surface area contributed by atoms with E-state index in [2.05, 4.69) is 0 Å². The summed E-state index contributed by atoms with van der Waals surface area (Å²) in [6.07, 6.45) is 1.89. The van der Waals surface area contributed by atoms with Crippen LogP contribution in [0.1, 0.15) is 40.8 Å². The predicted molar refractivity (Wildman–Crippen MR) is 83.9 cm³/mol. The number of rotatable bonds is 4. The summed E-state index contributed by atoms with van der Waals surface area (Å²) in [6, 6.07) is 10.8. The number of hydrogen-bond acceptors (Lipinski definition) is 3. The molecule has 2 aromatic rings. The molecule has 1 atom stereocenters. The summed E-state index contributed by atoms with van der Waals surface area (Å²) < 4.78 is 10.9. The van der Waals surface area contributed by atoms with E-state index >= 15 is 0 Å². The van der Waals surface area contributed by atoms with Gasteiger partial charge in [0.15, 0.2) is 0 Å². The van der Waals surface area contributed by atoms with Crippen LogP contribution < -0.4 is 0 Å². The molecule has 3 rings (SSSR count). The number of hydrogen-bond donors (Lipinski definition) is 0. The minimum Gasteiger partial charge on any atom is -0.461 e. The van der Waals surface area contributed by atoms with Crippen molar-refractivity contribution in [2.45, 2.75) is 25.5 Å². The van der Waals surface area contributed by atoms with Crippen molar-refractivity contribution in [2.75, 3.05) is 13.7 Å². The Morgan fingerprint density at radius 3 is 2.82 bits per heavy atom. The average molecular weight is 320 g/mol. The van der Waals surface area contributed by atoms with Crippen LogP contribution >= 0.6 is 11.6 Å². The van der Waals surface area contributed by atoms with Crippen LogP contribution in [-0.2, 0) is 11.3 Å². The number of carbonyl (C=O) groups is 1. The third-order valence-electron chi connectivity index (χ3n) is 3.90. The number of nitrogens with zero attached hydrogens (tertiary/aromatic N) is 1. The lowest BCUT2D eigenvalue weighted by Gasteiger charge is -2.23. The van der Waals surface area contributed by atoms with Crippen molar-refractivity contribution in [3.05, 3.63) is 58.5 Å². The van der Waals surface area contributed by atoms with E-state index in [1.54, 1.807) is 31.4 Å². The Hall–Kier alpha value is -1.78. The summed E-state index contributed by atoms with van der Waals surface area (Å²) in [6.45, 7) is 1.18. The van der Waals surface area contributed by atoms with Gasteiger partial charge in [0, 0.05) is 24.2 Å². The summed E-state index contributed by atoms with van der Waals surface area (Å²) in [5.41, 5.74) is 0.653. The van der Waals surface area contributed by atoms with E-state index < -0.39 is 0 Å². The van der Waals surface area contributed by atoms with Crippen molar-refractivity contribution in [2.24, 2.45) is 0 Å². The van der Waals surface area contributed by atoms with Crippen LogP contribution in [0.25, 0.3) is 0 Å². The fourth-order valence-electron chi connectivity index (χ4n) is 2.86. The van der Waals surface area contributed by atoms with Gasteiger partial charge in [0.25, 0.3) is 5.91 Å². The van der Waals surface area contributed by atoms with Crippen molar-refractivity contribution in [1.29, 1.82) is 0 Å². The number of ether oxygens (including phenoxy) is 1. The molecule has 2 heterocycles.